The van der Waals surface area contributed by atoms with Gasteiger partial charge in [-0.05, 0) is 54.7 Å². The number of hydrogen-bond donors (Lipinski definition) is 0. The summed E-state index contributed by atoms with van der Waals surface area (Å²) in [5, 5.41) is 1.13. The number of esters is 1. The quantitative estimate of drug-likeness (QED) is 0.184. The van der Waals surface area contributed by atoms with Gasteiger partial charge < -0.3 is 4.74 Å². The molecule has 0 radical (unpaired) electrons. The van der Waals surface area contributed by atoms with Crippen LogP contribution in [0.2, 0.25) is 5.02 Å². The van der Waals surface area contributed by atoms with Crippen LogP contribution in [0.25, 0.3) is 11.3 Å². The smallest absolute Gasteiger partial charge is 0.382 e. The van der Waals surface area contributed by atoms with Crippen LogP contribution < -0.4 is 0 Å². The lowest BCUT2D eigenvalue weighted by molar-refractivity contribution is -0.574. The molecule has 1 aliphatic rings. The first kappa shape index (κ1) is 25.8. The summed E-state index contributed by atoms with van der Waals surface area (Å²) in [5.74, 6) is -7.12. The first-order valence-corrected chi connectivity index (χ1v) is 11.4. The van der Waals surface area contributed by atoms with E-state index in [9.17, 15) is 14.4 Å². The molecule has 0 aliphatic carbocycles. The summed E-state index contributed by atoms with van der Waals surface area (Å²) in [4.78, 5) is 41.9. The molecule has 0 atom stereocenters. The highest BCUT2D eigenvalue weighted by Crippen LogP contribution is 2.38. The topological polar surface area (TPSA) is 79.6 Å². The lowest BCUT2D eigenvalue weighted by atomic mass is 10.0. The number of alkyl halides is 2. The molecule has 7 nitrogen and oxygen atoms in total. The van der Waals surface area contributed by atoms with Crippen LogP contribution in [0.4, 0.5) is 14.6 Å². The number of aromatic nitrogens is 1. The number of hydrogen-bond acceptors (Lipinski definition) is 5. The van der Waals surface area contributed by atoms with Crippen LogP contribution in [0.1, 0.15) is 25.0 Å². The van der Waals surface area contributed by atoms with Crippen molar-refractivity contribution in [1.29, 1.82) is 0 Å². The largest absolute Gasteiger partial charge is 0.456 e. The van der Waals surface area contributed by atoms with Gasteiger partial charge in [0.25, 0.3) is 11.8 Å². The van der Waals surface area contributed by atoms with E-state index in [0.29, 0.717) is 10.6 Å². The van der Waals surface area contributed by atoms with Crippen LogP contribution in [-0.2, 0) is 31.6 Å². The van der Waals surface area contributed by atoms with Crippen molar-refractivity contribution < 1.29 is 32.6 Å². The molecule has 0 spiro atoms. The van der Waals surface area contributed by atoms with E-state index in [4.69, 9.17) is 16.3 Å². The van der Waals surface area contributed by atoms with E-state index in [1.54, 1.807) is 30.3 Å². The van der Waals surface area contributed by atoms with Crippen LogP contribution in [0.3, 0.4) is 0 Å². The first-order valence-electron chi connectivity index (χ1n) is 11.1. The maximum absolute atomic E-state index is 15.4. The zero-order chi connectivity index (χ0) is 26.9. The van der Waals surface area contributed by atoms with Crippen molar-refractivity contribution in [3.8, 4) is 11.3 Å². The predicted octanol–water partition coefficient (Wildman–Crippen LogP) is 5.20. The summed E-state index contributed by atoms with van der Waals surface area (Å²) in [5.41, 5.74) is 0.237. The molecule has 188 valence electrons. The highest BCUT2D eigenvalue weighted by molar-refractivity contribution is 6.30. The number of amides is 2. The molecule has 2 amide bonds. The minimum absolute atomic E-state index is 0.0775. The molecule has 0 N–H and O–H groups in total. The Morgan fingerprint density at radius 1 is 1.00 bits per heavy atom. The fourth-order valence-electron chi connectivity index (χ4n) is 3.65. The van der Waals surface area contributed by atoms with Crippen LogP contribution >= 0.6 is 11.6 Å². The number of carbonyl (C=O) groups is 3. The Bertz CT molecular complexity index is 1430. The van der Waals surface area contributed by atoms with E-state index in [1.807, 2.05) is 0 Å². The lowest BCUT2D eigenvalue weighted by Gasteiger charge is -2.18. The molecule has 0 bridgehead atoms. The molecular formula is C27H21ClF2N3O4+. The van der Waals surface area contributed by atoms with Crippen molar-refractivity contribution in [3.63, 3.8) is 0 Å². The van der Waals surface area contributed by atoms with Gasteiger partial charge >= 0.3 is 17.7 Å². The fourth-order valence-corrected chi connectivity index (χ4v) is 3.78. The summed E-state index contributed by atoms with van der Waals surface area (Å²) in [6.45, 7) is 6.39. The van der Waals surface area contributed by atoms with E-state index in [1.165, 1.54) is 38.1 Å². The first-order chi connectivity index (χ1) is 17.5. The van der Waals surface area contributed by atoms with Gasteiger partial charge in [-0.1, -0.05) is 46.9 Å². The number of imide groups is 1. The fraction of sp³-hybridized carbons (Fsp3) is 0.148. The van der Waals surface area contributed by atoms with E-state index < -0.39 is 29.3 Å². The third-order valence-corrected chi connectivity index (χ3v) is 6.15. The molecule has 0 unspecified atom stereocenters. The van der Waals surface area contributed by atoms with Crippen LogP contribution in [0.15, 0.2) is 77.9 Å². The van der Waals surface area contributed by atoms with Gasteiger partial charge in [0, 0.05) is 27.8 Å². The molecule has 1 aliphatic heterocycles. The highest BCUT2D eigenvalue weighted by atomic mass is 35.5. The van der Waals surface area contributed by atoms with Crippen molar-refractivity contribution in [2.75, 3.05) is 0 Å². The Labute approximate surface area is 216 Å². The summed E-state index contributed by atoms with van der Waals surface area (Å²) < 4.78 is 36.7. The van der Waals surface area contributed by atoms with Gasteiger partial charge in [0.15, 0.2) is 5.69 Å². The predicted molar refractivity (Wildman–Crippen MR) is 132 cm³/mol. The van der Waals surface area contributed by atoms with E-state index in [0.717, 1.165) is 21.8 Å². The second kappa shape index (κ2) is 10.0. The Kier molecular flexibility index (Phi) is 7.00. The molecule has 37 heavy (non-hydrogen) atoms. The van der Waals surface area contributed by atoms with E-state index in [2.05, 4.69) is 11.7 Å². The summed E-state index contributed by atoms with van der Waals surface area (Å²) in [6.07, 6.45) is 0. The van der Waals surface area contributed by atoms with Gasteiger partial charge in [-0.3, -0.25) is 9.59 Å². The molecule has 1 aromatic heterocycles. The van der Waals surface area contributed by atoms with Gasteiger partial charge in [0.2, 0.25) is 0 Å². The maximum Gasteiger partial charge on any atom is 0.382 e. The Balaban J connectivity index is 1.73. The molecular weight excluding hydrogens is 504 g/mol. The number of nitrogens with zero attached hydrogens (tertiary/aromatic N) is 3. The monoisotopic (exact) mass is 524 g/mol. The SMILES string of the molecule is C=[N+](c1ccc(C(F)(F)C(=O)OCc2ccccc2)c(-c2ccc(Cl)cc2)n1)N1C(=O)C(C)=C(C)C1=O. The molecule has 2 aromatic carbocycles. The van der Waals surface area contributed by atoms with Gasteiger partial charge in [-0.15, -0.1) is 4.68 Å². The third kappa shape index (κ3) is 4.90. The van der Waals surface area contributed by atoms with Crippen LogP contribution in [0.5, 0.6) is 0 Å². The van der Waals surface area contributed by atoms with Gasteiger partial charge in [0.05, 0.1) is 12.3 Å². The second-order valence-corrected chi connectivity index (χ2v) is 8.72. The minimum atomic E-state index is -4.07. The van der Waals surface area contributed by atoms with Crippen molar-refractivity contribution >= 4 is 41.9 Å². The van der Waals surface area contributed by atoms with Crippen molar-refractivity contribution in [3.05, 3.63) is 94.0 Å². The molecule has 2 heterocycles. The van der Waals surface area contributed by atoms with Crippen molar-refractivity contribution in [2.24, 2.45) is 0 Å². The van der Waals surface area contributed by atoms with E-state index >= 15 is 8.78 Å². The van der Waals surface area contributed by atoms with Crippen molar-refractivity contribution in [1.82, 2.24) is 9.99 Å². The van der Waals surface area contributed by atoms with Crippen LogP contribution in [0, 0.1) is 0 Å². The summed E-state index contributed by atoms with van der Waals surface area (Å²) >= 11 is 5.96. The number of rotatable bonds is 7. The van der Waals surface area contributed by atoms with Gasteiger partial charge in [0.1, 0.15) is 6.61 Å². The molecule has 3 aromatic rings. The number of carbonyl (C=O) groups excluding carboxylic acids is 3. The number of hydrazine groups is 1. The van der Waals surface area contributed by atoms with Crippen molar-refractivity contribution in [2.45, 2.75) is 26.4 Å². The number of ether oxygens (including phenoxy) is 1. The van der Waals surface area contributed by atoms with Gasteiger partial charge in [-0.2, -0.15) is 8.78 Å². The normalized spacial score (nSPS) is 13.8. The Morgan fingerprint density at radius 3 is 2.19 bits per heavy atom. The molecule has 0 saturated heterocycles. The average molecular weight is 525 g/mol. The molecule has 0 fully saturated rings. The zero-order valence-electron chi connectivity index (χ0n) is 19.9. The summed E-state index contributed by atoms with van der Waals surface area (Å²) in [7, 11) is 0. The number of benzene rings is 2. The summed E-state index contributed by atoms with van der Waals surface area (Å²) in [6, 6.07) is 16.4. The van der Waals surface area contributed by atoms with E-state index in [-0.39, 0.29) is 34.8 Å². The molecule has 10 heteroatoms. The Hall–Kier alpha value is -4.24. The average Bonchev–Trinajstić information content (AvgIpc) is 3.09. The second-order valence-electron chi connectivity index (χ2n) is 8.28. The standard InChI is InChI=1S/C27H21ClF2N3O4/c1-16-17(2)25(35)33(24(16)34)32(3)22-14-13-21(23(31-22)19-9-11-20(28)12-10-19)27(29,30)26(36)37-15-18-7-5-4-6-8-18/h4-14H,3,15H2,1-2H3/q+1. The molecule has 0 saturated carbocycles. The van der Waals surface area contributed by atoms with Crippen LogP contribution in [-0.4, -0.2) is 39.2 Å². The third-order valence-electron chi connectivity index (χ3n) is 5.90. The van der Waals surface area contributed by atoms with Gasteiger partial charge in [-0.25, -0.2) is 4.79 Å². The number of pyridine rings is 1. The number of halogens is 3. The zero-order valence-corrected chi connectivity index (χ0v) is 20.6. The molecule has 4 rings (SSSR count). The minimum Gasteiger partial charge on any atom is -0.456 e. The number of hydrazone groups is 1. The maximum atomic E-state index is 15.4. The lowest BCUT2D eigenvalue weighted by Crippen LogP contribution is -2.38. The highest BCUT2D eigenvalue weighted by Gasteiger charge is 2.47. The Morgan fingerprint density at radius 2 is 1.59 bits per heavy atom.